The molecule has 0 unspecified atom stereocenters. The summed E-state index contributed by atoms with van der Waals surface area (Å²) in [5.41, 5.74) is 3.86. The van der Waals surface area contributed by atoms with Gasteiger partial charge in [-0.05, 0) is 26.2 Å². The molecule has 0 saturated carbocycles. The number of rotatable bonds is 6. The molecule has 0 aromatic heterocycles. The van der Waals surface area contributed by atoms with Gasteiger partial charge in [0.25, 0.3) is 0 Å². The van der Waals surface area contributed by atoms with E-state index >= 15 is 0 Å². The summed E-state index contributed by atoms with van der Waals surface area (Å²) in [4.78, 5) is 0. The van der Waals surface area contributed by atoms with Crippen LogP contribution in [0.5, 0.6) is 0 Å². The summed E-state index contributed by atoms with van der Waals surface area (Å²) < 4.78 is 0. The van der Waals surface area contributed by atoms with Crippen LogP contribution in [-0.2, 0) is 15.9 Å². The molecule has 17 heavy (non-hydrogen) atoms. The number of para-hydroxylation sites is 1. The monoisotopic (exact) mass is 366 g/mol. The standard InChI is InChI=1S/C10H14N4.2ClH.Pd/c1-11-8-13-14(9-12-2)10-6-4-3-5-7-10;;;/h3-7,11-13H,1-2H3;2*1H;/q;;;+2/p-2. The van der Waals surface area contributed by atoms with Gasteiger partial charge in [0.05, 0.1) is 5.69 Å². The zero-order chi connectivity index (χ0) is 12.9. The van der Waals surface area contributed by atoms with E-state index in [-0.39, 0.29) is 15.9 Å². The number of benzene rings is 1. The van der Waals surface area contributed by atoms with Crippen LogP contribution in [0.2, 0.25) is 0 Å². The predicted molar refractivity (Wildman–Crippen MR) is 68.4 cm³/mol. The molecule has 98 valence electrons. The van der Waals surface area contributed by atoms with Gasteiger partial charge in [0.1, 0.15) is 0 Å². The number of hydrogen-bond acceptors (Lipinski definition) is 4. The second-order valence-corrected chi connectivity index (χ2v) is 4.92. The molecule has 0 fully saturated rings. The molecule has 4 radical (unpaired) electrons. The molecule has 0 bridgehead atoms. The maximum absolute atomic E-state index is 4.81. The molecule has 0 spiro atoms. The summed E-state index contributed by atoms with van der Waals surface area (Å²) in [5.74, 6) is 0. The number of halogens is 2. The summed E-state index contributed by atoms with van der Waals surface area (Å²) in [6, 6.07) is 9.82. The van der Waals surface area contributed by atoms with E-state index in [0.717, 1.165) is 5.69 Å². The first-order chi connectivity index (χ1) is 8.29. The first-order valence-corrected chi connectivity index (χ1v) is 8.57. The molecule has 1 aromatic carbocycles. The van der Waals surface area contributed by atoms with Crippen molar-refractivity contribution in [3.8, 4) is 0 Å². The van der Waals surface area contributed by atoms with Crippen LogP contribution in [0.25, 0.3) is 0 Å². The summed E-state index contributed by atoms with van der Waals surface area (Å²) in [6.07, 6.45) is 0. The molecule has 0 aliphatic heterocycles. The molecule has 3 N–H and O–H groups in total. The topological polar surface area (TPSA) is 39.3 Å². The van der Waals surface area contributed by atoms with Gasteiger partial charge in [0.2, 0.25) is 0 Å². The Hall–Kier alpha value is 0.142. The number of anilines is 1. The van der Waals surface area contributed by atoms with Crippen molar-refractivity contribution in [3.63, 3.8) is 0 Å². The Labute approximate surface area is 119 Å². The minimum atomic E-state index is -0.106. The van der Waals surface area contributed by atoms with Crippen molar-refractivity contribution < 1.29 is 15.9 Å². The zero-order valence-corrected chi connectivity index (χ0v) is 12.5. The van der Waals surface area contributed by atoms with Crippen molar-refractivity contribution in [2.45, 2.75) is 0 Å². The molecule has 0 aliphatic carbocycles. The van der Waals surface area contributed by atoms with Crippen LogP contribution in [-0.4, -0.2) is 14.1 Å². The molecule has 0 saturated heterocycles. The molecular weight excluding hydrogens is 353 g/mol. The van der Waals surface area contributed by atoms with Crippen molar-refractivity contribution in [2.24, 2.45) is 0 Å². The van der Waals surface area contributed by atoms with E-state index in [1.807, 2.05) is 30.3 Å². The predicted octanol–water partition coefficient (Wildman–Crippen LogP) is 1.81. The Morgan fingerprint density at radius 3 is 2.18 bits per heavy atom. The number of hydrazine groups is 1. The first kappa shape index (κ1) is 17.1. The average Bonchev–Trinajstić information content (AvgIpc) is 2.36. The molecule has 0 amide bonds. The Balaban J connectivity index is 0.000000770. The van der Waals surface area contributed by atoms with Gasteiger partial charge < -0.3 is 0 Å². The van der Waals surface area contributed by atoms with Crippen LogP contribution in [0, 0.1) is 13.3 Å². The molecule has 1 aromatic rings. The van der Waals surface area contributed by atoms with Crippen LogP contribution in [0.3, 0.4) is 0 Å². The Kier molecular flexibility index (Phi) is 12.7. The van der Waals surface area contributed by atoms with Gasteiger partial charge in [0.15, 0.2) is 13.3 Å². The normalized spacial score (nSPS) is 9.65. The molecule has 1 rings (SSSR count). The molecule has 0 atom stereocenters. The van der Waals surface area contributed by atoms with Crippen LogP contribution in [0.15, 0.2) is 30.3 Å². The summed E-state index contributed by atoms with van der Waals surface area (Å²) >= 11 is -0.106. The molecule has 0 aliphatic rings. The van der Waals surface area contributed by atoms with Crippen molar-refractivity contribution in [2.75, 3.05) is 19.1 Å². The van der Waals surface area contributed by atoms with Crippen LogP contribution in [0.4, 0.5) is 5.69 Å². The van der Waals surface area contributed by atoms with Crippen molar-refractivity contribution in [1.82, 2.24) is 16.1 Å². The Morgan fingerprint density at radius 2 is 1.71 bits per heavy atom. The Morgan fingerprint density at radius 1 is 1.12 bits per heavy atom. The molecular formula is C10H14Cl2N4Pd. The van der Waals surface area contributed by atoms with Crippen LogP contribution >= 0.6 is 19.1 Å². The van der Waals surface area contributed by atoms with Crippen molar-refractivity contribution in [1.29, 1.82) is 0 Å². The van der Waals surface area contributed by atoms with E-state index in [1.54, 1.807) is 19.1 Å². The second kappa shape index (κ2) is 12.6. The van der Waals surface area contributed by atoms with Gasteiger partial charge in [-0.3, -0.25) is 15.6 Å². The van der Waals surface area contributed by atoms with Gasteiger partial charge in [-0.1, -0.05) is 18.2 Å². The van der Waals surface area contributed by atoms with E-state index in [0.29, 0.717) is 0 Å². The fourth-order valence-electron chi connectivity index (χ4n) is 0.958. The van der Waals surface area contributed by atoms with Gasteiger partial charge in [0, 0.05) is 0 Å². The fraction of sp³-hybridized carbons (Fsp3) is 0.200. The fourth-order valence-corrected chi connectivity index (χ4v) is 0.958. The van der Waals surface area contributed by atoms with Gasteiger partial charge in [-0.25, -0.2) is 5.43 Å². The minimum absolute atomic E-state index is 0.106. The van der Waals surface area contributed by atoms with E-state index in [9.17, 15) is 0 Å². The third-order valence-electron chi connectivity index (χ3n) is 1.53. The zero-order valence-electron chi connectivity index (χ0n) is 9.41. The average molecular weight is 368 g/mol. The van der Waals surface area contributed by atoms with Crippen molar-refractivity contribution in [3.05, 3.63) is 43.7 Å². The summed E-state index contributed by atoms with van der Waals surface area (Å²) in [6.45, 7) is 5.66. The first-order valence-electron chi connectivity index (χ1n) is 4.57. The summed E-state index contributed by atoms with van der Waals surface area (Å²) in [7, 11) is 13.2. The van der Waals surface area contributed by atoms with Crippen LogP contribution < -0.4 is 21.1 Å². The van der Waals surface area contributed by atoms with Gasteiger partial charge >= 0.3 is 35.0 Å². The summed E-state index contributed by atoms with van der Waals surface area (Å²) in [5, 5.41) is 7.27. The second-order valence-electron chi connectivity index (χ2n) is 2.56. The van der Waals surface area contributed by atoms with E-state index in [4.69, 9.17) is 19.1 Å². The molecule has 4 nitrogen and oxygen atoms in total. The number of nitrogens with one attached hydrogen (secondary N) is 3. The van der Waals surface area contributed by atoms with E-state index in [2.05, 4.69) is 29.4 Å². The molecule has 7 heteroatoms. The van der Waals surface area contributed by atoms with E-state index < -0.39 is 0 Å². The maximum atomic E-state index is 4.81. The number of hydrogen-bond donors (Lipinski definition) is 3. The number of nitrogens with zero attached hydrogens (tertiary/aromatic N) is 1. The Bertz CT molecular complexity index is 264. The quantitative estimate of drug-likeness (QED) is 0.407. The van der Waals surface area contributed by atoms with E-state index in [1.165, 1.54) is 0 Å². The van der Waals surface area contributed by atoms with Gasteiger partial charge in [-0.2, -0.15) is 0 Å². The third-order valence-corrected chi connectivity index (χ3v) is 1.53. The van der Waals surface area contributed by atoms with Crippen LogP contribution in [0.1, 0.15) is 0 Å². The van der Waals surface area contributed by atoms with Gasteiger partial charge in [-0.15, -0.1) is 0 Å². The van der Waals surface area contributed by atoms with Crippen molar-refractivity contribution >= 4 is 24.7 Å². The third kappa shape index (κ3) is 8.81. The SMILES string of the molecule is CN[C]NN([C]NC)c1ccccc1.[Cl][Pd][Cl]. The molecule has 0 heterocycles.